The zero-order chi connectivity index (χ0) is 26.2. The van der Waals surface area contributed by atoms with Crippen LogP contribution in [0.15, 0.2) is 47.8 Å². The van der Waals surface area contributed by atoms with Gasteiger partial charge in [-0.15, -0.1) is 0 Å². The molecule has 7 N–H and O–H groups in total. The van der Waals surface area contributed by atoms with E-state index >= 15 is 0 Å². The summed E-state index contributed by atoms with van der Waals surface area (Å²) in [6.07, 6.45) is 1.68. The maximum atomic E-state index is 13.4. The average molecular weight is 492 g/mol. The summed E-state index contributed by atoms with van der Waals surface area (Å²) in [7, 11) is 1.70. The number of ether oxygens (including phenoxy) is 1. The molecular formula is C25H33N9O2. The number of nitrogens with zero attached hydrogens (tertiary/aromatic N) is 4. The van der Waals surface area contributed by atoms with E-state index < -0.39 is 5.54 Å². The first-order valence-electron chi connectivity index (χ1n) is 11.7. The molecule has 1 saturated heterocycles. The number of guanidine groups is 1. The number of carbonyl (C=O) groups is 1. The number of hydrazine groups is 1. The molecule has 4 rings (SSSR count). The number of pyridine rings is 1. The minimum absolute atomic E-state index is 0.103. The zero-order valence-electron chi connectivity index (χ0n) is 21.1. The highest BCUT2D eigenvalue weighted by Crippen LogP contribution is 2.32. The second-order valence-corrected chi connectivity index (χ2v) is 9.41. The van der Waals surface area contributed by atoms with Gasteiger partial charge >= 0.3 is 0 Å². The van der Waals surface area contributed by atoms with Gasteiger partial charge in [0.15, 0.2) is 0 Å². The maximum absolute atomic E-state index is 13.4. The highest BCUT2D eigenvalue weighted by molar-refractivity contribution is 6.15. The summed E-state index contributed by atoms with van der Waals surface area (Å²) in [4.78, 5) is 21.5. The Morgan fingerprint density at radius 2 is 1.89 bits per heavy atom. The second kappa shape index (κ2) is 9.59. The van der Waals surface area contributed by atoms with Gasteiger partial charge in [-0.2, -0.15) is 0 Å². The topological polar surface area (TPSA) is 161 Å². The monoisotopic (exact) mass is 491 g/mol. The van der Waals surface area contributed by atoms with Crippen molar-refractivity contribution in [2.75, 3.05) is 49.3 Å². The molecule has 190 valence electrons. The first kappa shape index (κ1) is 25.1. The normalized spacial score (nSPS) is 17.9. The van der Waals surface area contributed by atoms with Crippen LogP contribution in [0.1, 0.15) is 31.9 Å². The van der Waals surface area contributed by atoms with Crippen molar-refractivity contribution in [2.24, 2.45) is 5.84 Å². The Morgan fingerprint density at radius 1 is 1.19 bits per heavy atom. The van der Waals surface area contributed by atoms with Gasteiger partial charge in [0.2, 0.25) is 5.96 Å². The molecule has 1 aromatic heterocycles. The number of nitrogens with one attached hydrogen (secondary N) is 3. The Balaban J connectivity index is 1.61. The Kier molecular flexibility index (Phi) is 6.70. The van der Waals surface area contributed by atoms with Crippen LogP contribution in [0, 0.1) is 10.8 Å². The van der Waals surface area contributed by atoms with Crippen molar-refractivity contribution in [3.63, 3.8) is 0 Å². The van der Waals surface area contributed by atoms with Gasteiger partial charge in [0.1, 0.15) is 5.82 Å². The van der Waals surface area contributed by atoms with Crippen molar-refractivity contribution in [2.45, 2.75) is 26.3 Å². The highest BCUT2D eigenvalue weighted by atomic mass is 16.5. The van der Waals surface area contributed by atoms with E-state index in [9.17, 15) is 4.79 Å². The SMILES string of the molecule is CC1=C(C(=O)Nc2ccc(N)c(C(=N)c3ccnc(N4CCOCC4)c3)c2)C(C)(C)N(N)C(=N)N1C. The molecule has 0 atom stereocenters. The van der Waals surface area contributed by atoms with Crippen LogP contribution in [0.5, 0.6) is 0 Å². The summed E-state index contributed by atoms with van der Waals surface area (Å²) < 4.78 is 5.42. The summed E-state index contributed by atoms with van der Waals surface area (Å²) >= 11 is 0. The number of hydrogen-bond donors (Lipinski definition) is 5. The van der Waals surface area contributed by atoms with Crippen molar-refractivity contribution in [3.8, 4) is 0 Å². The molecular weight excluding hydrogens is 458 g/mol. The molecule has 0 saturated carbocycles. The molecule has 0 bridgehead atoms. The third-order valence-electron chi connectivity index (χ3n) is 6.80. The lowest BCUT2D eigenvalue weighted by Crippen LogP contribution is -2.62. The van der Waals surface area contributed by atoms with Gasteiger partial charge in [-0.3, -0.25) is 20.6 Å². The Bertz CT molecular complexity index is 1250. The van der Waals surface area contributed by atoms with Crippen LogP contribution in [-0.2, 0) is 9.53 Å². The van der Waals surface area contributed by atoms with E-state index in [1.165, 1.54) is 5.01 Å². The number of aromatic nitrogens is 1. The fourth-order valence-corrected chi connectivity index (χ4v) is 4.50. The Morgan fingerprint density at radius 3 is 2.58 bits per heavy atom. The molecule has 3 heterocycles. The molecule has 1 fully saturated rings. The summed E-state index contributed by atoms with van der Waals surface area (Å²) in [6, 6.07) is 8.72. The van der Waals surface area contributed by atoms with Gasteiger partial charge in [0, 0.05) is 54.5 Å². The summed E-state index contributed by atoms with van der Waals surface area (Å²) in [5.41, 5.74) is 8.76. The van der Waals surface area contributed by atoms with Crippen LogP contribution in [0.3, 0.4) is 0 Å². The predicted molar refractivity (Wildman–Crippen MR) is 141 cm³/mol. The number of anilines is 3. The molecule has 1 aromatic carbocycles. The van der Waals surface area contributed by atoms with Crippen molar-refractivity contribution in [3.05, 3.63) is 58.9 Å². The number of nitrogen functional groups attached to an aromatic ring is 1. The third-order valence-corrected chi connectivity index (χ3v) is 6.80. The quantitative estimate of drug-likeness (QED) is 0.241. The molecule has 11 nitrogen and oxygen atoms in total. The molecule has 2 aliphatic rings. The number of morpholine rings is 1. The third kappa shape index (κ3) is 4.50. The second-order valence-electron chi connectivity index (χ2n) is 9.41. The number of carbonyl (C=O) groups excluding carboxylic acids is 1. The summed E-state index contributed by atoms with van der Waals surface area (Å²) in [5, 5.41) is 21.3. The number of allylic oxidation sites excluding steroid dienone is 1. The molecule has 1 amide bonds. The first-order chi connectivity index (χ1) is 17.0. The smallest absolute Gasteiger partial charge is 0.255 e. The van der Waals surface area contributed by atoms with Crippen LogP contribution in [0.2, 0.25) is 0 Å². The minimum atomic E-state index is -0.895. The van der Waals surface area contributed by atoms with Crippen molar-refractivity contribution >= 4 is 34.8 Å². The van der Waals surface area contributed by atoms with E-state index in [-0.39, 0.29) is 17.6 Å². The number of benzene rings is 1. The lowest BCUT2D eigenvalue weighted by Gasteiger charge is -2.46. The van der Waals surface area contributed by atoms with Crippen LogP contribution in [0.4, 0.5) is 17.2 Å². The molecule has 0 radical (unpaired) electrons. The number of nitrogens with two attached hydrogens (primary N) is 2. The maximum Gasteiger partial charge on any atom is 0.255 e. The van der Waals surface area contributed by atoms with Crippen LogP contribution in [0.25, 0.3) is 0 Å². The molecule has 36 heavy (non-hydrogen) atoms. The van der Waals surface area contributed by atoms with Crippen molar-refractivity contribution in [1.82, 2.24) is 14.9 Å². The lowest BCUT2D eigenvalue weighted by molar-refractivity contribution is -0.114. The van der Waals surface area contributed by atoms with Crippen molar-refractivity contribution in [1.29, 1.82) is 10.8 Å². The summed E-state index contributed by atoms with van der Waals surface area (Å²) in [6.45, 7) is 8.16. The lowest BCUT2D eigenvalue weighted by atomic mass is 9.88. The van der Waals surface area contributed by atoms with Crippen molar-refractivity contribution < 1.29 is 9.53 Å². The van der Waals surface area contributed by atoms with E-state index in [0.717, 1.165) is 18.9 Å². The van der Waals surface area contributed by atoms with E-state index in [1.807, 2.05) is 6.07 Å². The van der Waals surface area contributed by atoms with Crippen LogP contribution in [-0.4, -0.2) is 71.4 Å². The predicted octanol–water partition coefficient (Wildman–Crippen LogP) is 1.96. The fourth-order valence-electron chi connectivity index (χ4n) is 4.50. The Hall–Kier alpha value is -3.96. The molecule has 11 heteroatoms. The minimum Gasteiger partial charge on any atom is -0.398 e. The van der Waals surface area contributed by atoms with E-state index in [0.29, 0.717) is 47.0 Å². The van der Waals surface area contributed by atoms with E-state index in [2.05, 4.69) is 15.2 Å². The van der Waals surface area contributed by atoms with Gasteiger partial charge in [-0.05, 0) is 51.1 Å². The zero-order valence-corrected chi connectivity index (χ0v) is 21.1. The number of rotatable bonds is 5. The summed E-state index contributed by atoms with van der Waals surface area (Å²) in [5.74, 6) is 6.68. The van der Waals surface area contributed by atoms with Gasteiger partial charge in [0.05, 0.1) is 30.0 Å². The number of hydrogen-bond acceptors (Lipinski definition) is 8. The van der Waals surface area contributed by atoms with Gasteiger partial charge in [0.25, 0.3) is 5.91 Å². The largest absolute Gasteiger partial charge is 0.398 e. The molecule has 2 aromatic rings. The van der Waals surface area contributed by atoms with Crippen LogP contribution < -0.4 is 21.8 Å². The van der Waals surface area contributed by atoms with Gasteiger partial charge < -0.3 is 25.6 Å². The number of amides is 1. The average Bonchev–Trinajstić information content (AvgIpc) is 2.87. The first-order valence-corrected chi connectivity index (χ1v) is 11.7. The fraction of sp³-hybridized carbons (Fsp3) is 0.360. The highest BCUT2D eigenvalue weighted by Gasteiger charge is 2.42. The Labute approximate surface area is 210 Å². The molecule has 0 aliphatic carbocycles. The van der Waals surface area contributed by atoms with Crippen LogP contribution >= 0.6 is 0 Å². The molecule has 2 aliphatic heterocycles. The molecule has 0 unspecified atom stereocenters. The standard InChI is InChI=1S/C25H33N9O2/c1-15-21(25(2,3)34(29)24(28)32(15)4)23(35)31-17-5-6-19(26)18(14-17)22(27)16-7-8-30-20(13-16)33-9-11-36-12-10-33/h5-8,13-14,27-28H,9-12,26,29H2,1-4H3,(H,31,35). The van der Waals surface area contributed by atoms with Gasteiger partial charge in [-0.1, -0.05) is 0 Å². The van der Waals surface area contributed by atoms with Gasteiger partial charge in [-0.25, -0.2) is 10.8 Å². The molecule has 0 spiro atoms. The van der Waals surface area contributed by atoms with E-state index in [4.69, 9.17) is 27.1 Å². The van der Waals surface area contributed by atoms with E-state index in [1.54, 1.807) is 63.2 Å².